The second kappa shape index (κ2) is 5.48. The van der Waals surface area contributed by atoms with E-state index in [2.05, 4.69) is 10.3 Å². The van der Waals surface area contributed by atoms with Crippen molar-refractivity contribution >= 4 is 55.6 Å². The van der Waals surface area contributed by atoms with Crippen molar-refractivity contribution in [1.29, 1.82) is 0 Å². The molecule has 3 nitrogen and oxygen atoms in total. The minimum atomic E-state index is 0.552. The third-order valence-corrected chi connectivity index (χ3v) is 4.51. The number of hydrogen-bond acceptors (Lipinski definition) is 4. The fourth-order valence-corrected chi connectivity index (χ4v) is 3.27. The zero-order chi connectivity index (χ0) is 14.1. The molecule has 0 radical (unpaired) electrons. The van der Waals surface area contributed by atoms with Gasteiger partial charge in [0.1, 0.15) is 5.75 Å². The van der Waals surface area contributed by atoms with E-state index in [-0.39, 0.29) is 0 Å². The van der Waals surface area contributed by atoms with Gasteiger partial charge >= 0.3 is 0 Å². The maximum Gasteiger partial charge on any atom is 0.188 e. The molecule has 0 amide bonds. The highest BCUT2D eigenvalue weighted by Crippen LogP contribution is 2.34. The fraction of sp³-hybridized carbons (Fsp3) is 0.0714. The molecule has 6 heteroatoms. The van der Waals surface area contributed by atoms with Crippen LogP contribution in [-0.4, -0.2) is 12.1 Å². The topological polar surface area (TPSA) is 34.1 Å². The Morgan fingerprint density at radius 1 is 1.15 bits per heavy atom. The number of halogens is 2. The Morgan fingerprint density at radius 2 is 2.00 bits per heavy atom. The lowest BCUT2D eigenvalue weighted by molar-refractivity contribution is 0.415. The van der Waals surface area contributed by atoms with Crippen LogP contribution in [0, 0.1) is 0 Å². The van der Waals surface area contributed by atoms with Crippen molar-refractivity contribution in [2.45, 2.75) is 0 Å². The van der Waals surface area contributed by atoms with Gasteiger partial charge in [-0.05, 0) is 30.3 Å². The Labute approximate surface area is 130 Å². The Bertz CT molecular complexity index is 773. The predicted molar refractivity (Wildman–Crippen MR) is 85.9 cm³/mol. The predicted octanol–water partition coefficient (Wildman–Crippen LogP) is 5.36. The molecular weight excluding hydrogens is 315 g/mol. The first-order valence-corrected chi connectivity index (χ1v) is 7.40. The third kappa shape index (κ3) is 2.54. The second-order valence-corrected chi connectivity index (χ2v) is 5.89. The monoisotopic (exact) mass is 324 g/mol. The molecule has 3 aromatic rings. The molecule has 0 fully saturated rings. The molecule has 0 saturated carbocycles. The third-order valence-electron chi connectivity index (χ3n) is 2.77. The van der Waals surface area contributed by atoms with Crippen molar-refractivity contribution in [2.75, 3.05) is 12.4 Å². The number of ether oxygens (including phenoxy) is 1. The summed E-state index contributed by atoms with van der Waals surface area (Å²) in [5.41, 5.74) is 1.73. The van der Waals surface area contributed by atoms with E-state index in [9.17, 15) is 0 Å². The van der Waals surface area contributed by atoms with Gasteiger partial charge in [-0.3, -0.25) is 0 Å². The minimum Gasteiger partial charge on any atom is -0.495 e. The highest BCUT2D eigenvalue weighted by molar-refractivity contribution is 7.22. The van der Waals surface area contributed by atoms with E-state index in [1.807, 2.05) is 30.3 Å². The quantitative estimate of drug-likeness (QED) is 0.704. The molecule has 0 atom stereocenters. The number of rotatable bonds is 3. The molecule has 0 aliphatic carbocycles. The minimum absolute atomic E-state index is 0.552. The van der Waals surface area contributed by atoms with E-state index >= 15 is 0 Å². The first-order chi connectivity index (χ1) is 9.67. The summed E-state index contributed by atoms with van der Waals surface area (Å²) >= 11 is 13.7. The Balaban J connectivity index is 1.93. The van der Waals surface area contributed by atoms with Gasteiger partial charge in [0, 0.05) is 5.69 Å². The van der Waals surface area contributed by atoms with Crippen LogP contribution in [0.15, 0.2) is 36.4 Å². The maximum atomic E-state index is 6.14. The molecule has 0 unspecified atom stereocenters. The first kappa shape index (κ1) is 13.5. The number of nitrogens with zero attached hydrogens (tertiary/aromatic N) is 1. The van der Waals surface area contributed by atoms with Crippen LogP contribution in [0.1, 0.15) is 0 Å². The van der Waals surface area contributed by atoms with Gasteiger partial charge in [0.15, 0.2) is 5.13 Å². The molecule has 0 bridgehead atoms. The van der Waals surface area contributed by atoms with Crippen molar-refractivity contribution in [3.05, 3.63) is 46.4 Å². The van der Waals surface area contributed by atoms with Gasteiger partial charge in [0.25, 0.3) is 0 Å². The Morgan fingerprint density at radius 3 is 2.70 bits per heavy atom. The second-order valence-electron chi connectivity index (χ2n) is 4.08. The SMILES string of the molecule is COc1ccc(Nc2nc3cccc(Cl)c3s2)cc1Cl. The van der Waals surface area contributed by atoms with Crippen LogP contribution in [-0.2, 0) is 0 Å². The van der Waals surface area contributed by atoms with E-state index in [4.69, 9.17) is 27.9 Å². The summed E-state index contributed by atoms with van der Waals surface area (Å²) in [7, 11) is 1.59. The van der Waals surface area contributed by atoms with Crippen LogP contribution < -0.4 is 10.1 Å². The van der Waals surface area contributed by atoms with Crippen LogP contribution in [0.5, 0.6) is 5.75 Å². The van der Waals surface area contributed by atoms with Crippen LogP contribution in [0.25, 0.3) is 10.2 Å². The molecular formula is C14H10Cl2N2OS. The van der Waals surface area contributed by atoms with Crippen molar-refractivity contribution in [2.24, 2.45) is 0 Å². The van der Waals surface area contributed by atoms with Crippen molar-refractivity contribution < 1.29 is 4.74 Å². The number of aromatic nitrogens is 1. The van der Waals surface area contributed by atoms with E-state index in [0.29, 0.717) is 15.8 Å². The number of thiazole rings is 1. The first-order valence-electron chi connectivity index (χ1n) is 5.83. The van der Waals surface area contributed by atoms with Crippen molar-refractivity contribution in [1.82, 2.24) is 4.98 Å². The van der Waals surface area contributed by atoms with Gasteiger partial charge in [-0.15, -0.1) is 0 Å². The van der Waals surface area contributed by atoms with Crippen LogP contribution >= 0.6 is 34.5 Å². The van der Waals surface area contributed by atoms with Gasteiger partial charge < -0.3 is 10.1 Å². The van der Waals surface area contributed by atoms with Crippen LogP contribution in [0.2, 0.25) is 10.0 Å². The average molecular weight is 325 g/mol. The number of fused-ring (bicyclic) bond motifs is 1. The lowest BCUT2D eigenvalue weighted by atomic mass is 10.3. The number of anilines is 2. The number of hydrogen-bond donors (Lipinski definition) is 1. The van der Waals surface area contributed by atoms with Gasteiger partial charge in [0.05, 0.1) is 27.4 Å². The molecule has 102 valence electrons. The maximum absolute atomic E-state index is 6.14. The highest BCUT2D eigenvalue weighted by Gasteiger charge is 2.08. The smallest absolute Gasteiger partial charge is 0.188 e. The normalized spacial score (nSPS) is 10.8. The lowest BCUT2D eigenvalue weighted by Gasteiger charge is -2.06. The van der Waals surface area contributed by atoms with E-state index < -0.39 is 0 Å². The standard InChI is InChI=1S/C14H10Cl2N2OS/c1-19-12-6-5-8(7-10(12)16)17-14-18-11-4-2-3-9(15)13(11)20-14/h2-7H,1H3,(H,17,18). The number of nitrogens with one attached hydrogen (secondary N) is 1. The van der Waals surface area contributed by atoms with Crippen molar-refractivity contribution in [3.63, 3.8) is 0 Å². The Hall–Kier alpha value is -1.49. The fourth-order valence-electron chi connectivity index (χ4n) is 1.84. The van der Waals surface area contributed by atoms with Gasteiger partial charge in [-0.25, -0.2) is 4.98 Å². The van der Waals surface area contributed by atoms with Crippen LogP contribution in [0.3, 0.4) is 0 Å². The Kier molecular flexibility index (Phi) is 3.70. The summed E-state index contributed by atoms with van der Waals surface area (Å²) in [5, 5.41) is 5.26. The zero-order valence-corrected chi connectivity index (χ0v) is 12.8. The van der Waals surface area contributed by atoms with Gasteiger partial charge in [-0.2, -0.15) is 0 Å². The van der Waals surface area contributed by atoms with E-state index in [1.165, 1.54) is 11.3 Å². The molecule has 1 aromatic heterocycles. The summed E-state index contributed by atoms with van der Waals surface area (Å²) in [6, 6.07) is 11.2. The molecule has 3 rings (SSSR count). The summed E-state index contributed by atoms with van der Waals surface area (Å²) < 4.78 is 6.09. The summed E-state index contributed by atoms with van der Waals surface area (Å²) in [5.74, 6) is 0.643. The van der Waals surface area contributed by atoms with Crippen LogP contribution in [0.4, 0.5) is 10.8 Å². The zero-order valence-electron chi connectivity index (χ0n) is 10.5. The molecule has 0 saturated heterocycles. The molecule has 20 heavy (non-hydrogen) atoms. The molecule has 0 aliphatic rings. The van der Waals surface area contributed by atoms with Gasteiger partial charge in [0.2, 0.25) is 0 Å². The summed E-state index contributed by atoms with van der Waals surface area (Å²) in [6.45, 7) is 0. The highest BCUT2D eigenvalue weighted by atomic mass is 35.5. The summed E-state index contributed by atoms with van der Waals surface area (Å²) in [6.07, 6.45) is 0. The van der Waals surface area contributed by atoms with E-state index in [1.54, 1.807) is 13.2 Å². The largest absolute Gasteiger partial charge is 0.495 e. The molecule has 2 aromatic carbocycles. The number of methoxy groups -OCH3 is 1. The average Bonchev–Trinajstić information content (AvgIpc) is 2.83. The molecule has 1 N–H and O–H groups in total. The van der Waals surface area contributed by atoms with Gasteiger partial charge in [-0.1, -0.05) is 40.6 Å². The lowest BCUT2D eigenvalue weighted by Crippen LogP contribution is -1.90. The van der Waals surface area contributed by atoms with Crippen molar-refractivity contribution in [3.8, 4) is 5.75 Å². The van der Waals surface area contributed by atoms with E-state index in [0.717, 1.165) is 21.0 Å². The molecule has 0 spiro atoms. The molecule has 1 heterocycles. The molecule has 0 aliphatic heterocycles. The number of benzene rings is 2. The summed E-state index contributed by atoms with van der Waals surface area (Å²) in [4.78, 5) is 4.49.